The topological polar surface area (TPSA) is 28.7 Å². The molecule has 1 unspecified atom stereocenters. The van der Waals surface area contributed by atoms with Gasteiger partial charge in [-0.15, -0.1) is 0 Å². The first kappa shape index (κ1) is 13.9. The van der Waals surface area contributed by atoms with E-state index in [0.29, 0.717) is 0 Å². The molecule has 1 atom stereocenters. The van der Waals surface area contributed by atoms with E-state index in [1.54, 1.807) is 0 Å². The molecule has 2 rings (SSSR count). The Morgan fingerprint density at radius 3 is 3.00 bits per heavy atom. The average molecular weight is 327 g/mol. The fourth-order valence-electron chi connectivity index (χ4n) is 1.98. The molecule has 0 fully saturated rings. The minimum atomic E-state index is 0.731. The number of benzene rings is 1. The molecule has 18 heavy (non-hydrogen) atoms. The quantitative estimate of drug-likeness (QED) is 0.611. The monoisotopic (exact) mass is 326 g/mol. The van der Waals surface area contributed by atoms with Crippen LogP contribution in [-0.4, -0.2) is 21.1 Å². The van der Waals surface area contributed by atoms with Gasteiger partial charge in [0.25, 0.3) is 0 Å². The SMILES string of the molecule is CCCC(CBr)CSc1nc2ccc(C)cc2[nH]1. The van der Waals surface area contributed by atoms with Crippen molar-refractivity contribution in [3.8, 4) is 0 Å². The van der Waals surface area contributed by atoms with Gasteiger partial charge in [-0.3, -0.25) is 0 Å². The number of aryl methyl sites for hydroxylation is 1. The van der Waals surface area contributed by atoms with E-state index in [-0.39, 0.29) is 0 Å². The highest BCUT2D eigenvalue weighted by molar-refractivity contribution is 9.09. The number of hydrogen-bond acceptors (Lipinski definition) is 2. The molecular formula is C14H19BrN2S. The Hall–Kier alpha value is -0.480. The summed E-state index contributed by atoms with van der Waals surface area (Å²) in [6.07, 6.45) is 2.52. The smallest absolute Gasteiger partial charge is 0.166 e. The van der Waals surface area contributed by atoms with Crippen molar-refractivity contribution in [1.82, 2.24) is 9.97 Å². The number of aromatic amines is 1. The van der Waals surface area contributed by atoms with Gasteiger partial charge >= 0.3 is 0 Å². The minimum Gasteiger partial charge on any atom is -0.333 e. The average Bonchev–Trinajstić information content (AvgIpc) is 2.76. The lowest BCUT2D eigenvalue weighted by molar-refractivity contribution is 0.597. The Morgan fingerprint density at radius 1 is 1.44 bits per heavy atom. The van der Waals surface area contributed by atoms with Crippen LogP contribution in [0.5, 0.6) is 0 Å². The van der Waals surface area contributed by atoms with Gasteiger partial charge in [0, 0.05) is 11.1 Å². The minimum absolute atomic E-state index is 0.731. The van der Waals surface area contributed by atoms with E-state index in [1.165, 1.54) is 18.4 Å². The van der Waals surface area contributed by atoms with E-state index in [9.17, 15) is 0 Å². The van der Waals surface area contributed by atoms with Crippen LogP contribution in [0.4, 0.5) is 0 Å². The Morgan fingerprint density at radius 2 is 2.28 bits per heavy atom. The van der Waals surface area contributed by atoms with Crippen molar-refractivity contribution in [1.29, 1.82) is 0 Å². The second-order valence-corrected chi connectivity index (χ2v) is 6.34. The lowest BCUT2D eigenvalue weighted by Gasteiger charge is -2.10. The number of hydrogen-bond donors (Lipinski definition) is 1. The Kier molecular flexibility index (Phi) is 5.13. The molecule has 2 nitrogen and oxygen atoms in total. The third kappa shape index (κ3) is 3.51. The molecule has 1 aromatic heterocycles. The predicted molar refractivity (Wildman–Crippen MR) is 83.7 cm³/mol. The molecule has 0 bridgehead atoms. The van der Waals surface area contributed by atoms with Crippen LogP contribution in [0.3, 0.4) is 0 Å². The zero-order chi connectivity index (χ0) is 13.0. The van der Waals surface area contributed by atoms with E-state index in [4.69, 9.17) is 0 Å². The molecule has 0 spiro atoms. The van der Waals surface area contributed by atoms with Crippen LogP contribution in [0.15, 0.2) is 23.4 Å². The lowest BCUT2D eigenvalue weighted by atomic mass is 10.1. The Labute approximate surface area is 121 Å². The van der Waals surface area contributed by atoms with Crippen molar-refractivity contribution in [2.75, 3.05) is 11.1 Å². The number of halogens is 1. The molecule has 4 heteroatoms. The zero-order valence-corrected chi connectivity index (χ0v) is 13.3. The largest absolute Gasteiger partial charge is 0.333 e. The second kappa shape index (κ2) is 6.62. The molecule has 0 radical (unpaired) electrons. The zero-order valence-electron chi connectivity index (χ0n) is 10.9. The summed E-state index contributed by atoms with van der Waals surface area (Å²) in [5.41, 5.74) is 3.48. The van der Waals surface area contributed by atoms with Crippen LogP contribution in [0.25, 0.3) is 11.0 Å². The maximum absolute atomic E-state index is 4.61. The number of aromatic nitrogens is 2. The molecule has 1 aromatic carbocycles. The highest BCUT2D eigenvalue weighted by Crippen LogP contribution is 2.24. The Balaban J connectivity index is 2.03. The standard InChI is InChI=1S/C14H19BrN2S/c1-3-4-11(8-15)9-18-14-16-12-6-5-10(2)7-13(12)17-14/h5-7,11H,3-4,8-9H2,1-2H3,(H,16,17). The van der Waals surface area contributed by atoms with Gasteiger partial charge in [-0.1, -0.05) is 47.1 Å². The van der Waals surface area contributed by atoms with E-state index in [2.05, 4.69) is 57.9 Å². The van der Waals surface area contributed by atoms with E-state index in [0.717, 1.165) is 33.2 Å². The molecule has 98 valence electrons. The number of alkyl halides is 1. The van der Waals surface area contributed by atoms with Crippen LogP contribution >= 0.6 is 27.7 Å². The predicted octanol–water partition coefficient (Wildman–Crippen LogP) is 4.77. The number of fused-ring (bicyclic) bond motifs is 1. The summed E-state index contributed by atoms with van der Waals surface area (Å²) in [5.74, 6) is 1.85. The molecule has 0 aliphatic carbocycles. The van der Waals surface area contributed by atoms with Gasteiger partial charge < -0.3 is 4.98 Å². The van der Waals surface area contributed by atoms with E-state index in [1.807, 2.05) is 11.8 Å². The summed E-state index contributed by atoms with van der Waals surface area (Å²) in [6, 6.07) is 6.34. The van der Waals surface area contributed by atoms with Gasteiger partial charge in [0.05, 0.1) is 11.0 Å². The third-order valence-corrected chi connectivity index (χ3v) is 5.01. The first-order valence-corrected chi connectivity index (χ1v) is 8.48. The number of thioether (sulfide) groups is 1. The van der Waals surface area contributed by atoms with Gasteiger partial charge in [-0.2, -0.15) is 0 Å². The van der Waals surface area contributed by atoms with Crippen LogP contribution < -0.4 is 0 Å². The molecule has 2 aromatic rings. The molecule has 0 aliphatic heterocycles. The Bertz CT molecular complexity index is 509. The lowest BCUT2D eigenvalue weighted by Crippen LogP contribution is -2.04. The number of imidazole rings is 1. The van der Waals surface area contributed by atoms with Crippen molar-refractivity contribution >= 4 is 38.7 Å². The molecule has 1 N–H and O–H groups in total. The van der Waals surface area contributed by atoms with Gasteiger partial charge in [-0.05, 0) is 37.0 Å². The van der Waals surface area contributed by atoms with Crippen molar-refractivity contribution in [3.05, 3.63) is 23.8 Å². The van der Waals surface area contributed by atoms with Gasteiger partial charge in [-0.25, -0.2) is 4.98 Å². The molecule has 0 amide bonds. The van der Waals surface area contributed by atoms with Crippen LogP contribution in [-0.2, 0) is 0 Å². The summed E-state index contributed by atoms with van der Waals surface area (Å²) in [7, 11) is 0. The highest BCUT2D eigenvalue weighted by atomic mass is 79.9. The van der Waals surface area contributed by atoms with Gasteiger partial charge in [0.1, 0.15) is 0 Å². The number of rotatable bonds is 6. The second-order valence-electron chi connectivity index (χ2n) is 4.68. The summed E-state index contributed by atoms with van der Waals surface area (Å²) in [6.45, 7) is 4.35. The molecule has 0 saturated heterocycles. The number of nitrogens with one attached hydrogen (secondary N) is 1. The van der Waals surface area contributed by atoms with Crippen LogP contribution in [0.2, 0.25) is 0 Å². The van der Waals surface area contributed by atoms with Crippen LogP contribution in [0.1, 0.15) is 25.3 Å². The number of H-pyrrole nitrogens is 1. The van der Waals surface area contributed by atoms with Crippen molar-refractivity contribution < 1.29 is 0 Å². The van der Waals surface area contributed by atoms with E-state index < -0.39 is 0 Å². The van der Waals surface area contributed by atoms with Crippen molar-refractivity contribution in [2.24, 2.45) is 5.92 Å². The maximum atomic E-state index is 4.61. The first-order chi connectivity index (χ1) is 8.72. The number of nitrogens with zero attached hydrogens (tertiary/aromatic N) is 1. The summed E-state index contributed by atoms with van der Waals surface area (Å²) in [4.78, 5) is 8.01. The van der Waals surface area contributed by atoms with Gasteiger partial charge in [0.2, 0.25) is 0 Å². The molecular weight excluding hydrogens is 308 g/mol. The van der Waals surface area contributed by atoms with Crippen molar-refractivity contribution in [2.45, 2.75) is 31.8 Å². The molecule has 0 saturated carbocycles. The fraction of sp³-hybridized carbons (Fsp3) is 0.500. The fourth-order valence-corrected chi connectivity index (χ4v) is 3.86. The third-order valence-electron chi connectivity index (χ3n) is 2.99. The maximum Gasteiger partial charge on any atom is 0.166 e. The van der Waals surface area contributed by atoms with Crippen LogP contribution in [0, 0.1) is 12.8 Å². The molecule has 0 aliphatic rings. The first-order valence-electron chi connectivity index (χ1n) is 6.38. The molecule has 1 heterocycles. The highest BCUT2D eigenvalue weighted by Gasteiger charge is 2.09. The normalized spacial score (nSPS) is 13.1. The van der Waals surface area contributed by atoms with Gasteiger partial charge in [0.15, 0.2) is 5.16 Å². The summed E-state index contributed by atoms with van der Waals surface area (Å²) >= 11 is 5.42. The summed E-state index contributed by atoms with van der Waals surface area (Å²) < 4.78 is 0. The van der Waals surface area contributed by atoms with Crippen molar-refractivity contribution in [3.63, 3.8) is 0 Å². The van der Waals surface area contributed by atoms with E-state index >= 15 is 0 Å². The summed E-state index contributed by atoms with van der Waals surface area (Å²) in [5, 5.41) is 2.12.